The first-order valence-corrected chi connectivity index (χ1v) is 6.90. The minimum atomic E-state index is -1.03. The molecular weight excluding hydrogens is 272 g/mol. The van der Waals surface area contributed by atoms with Crippen LogP contribution in [0.25, 0.3) is 0 Å². The Morgan fingerprint density at radius 2 is 1.76 bits per heavy atom. The summed E-state index contributed by atoms with van der Waals surface area (Å²) in [6.45, 7) is 8.79. The zero-order valence-electron chi connectivity index (χ0n) is 12.9. The van der Waals surface area contributed by atoms with Crippen molar-refractivity contribution in [2.75, 3.05) is 6.61 Å². The molecule has 0 spiro atoms. The van der Waals surface area contributed by atoms with Gasteiger partial charge in [-0.05, 0) is 42.0 Å². The van der Waals surface area contributed by atoms with E-state index in [0.29, 0.717) is 5.92 Å². The molecule has 0 bridgehead atoms. The van der Waals surface area contributed by atoms with E-state index in [0.717, 1.165) is 6.42 Å². The molecule has 0 saturated heterocycles. The Morgan fingerprint density at radius 3 is 2.24 bits per heavy atom. The second-order valence-electron chi connectivity index (χ2n) is 5.92. The largest absolute Gasteiger partial charge is 0.513 e. The van der Waals surface area contributed by atoms with Gasteiger partial charge in [-0.1, -0.05) is 27.7 Å². The summed E-state index contributed by atoms with van der Waals surface area (Å²) in [7, 11) is 0. The van der Waals surface area contributed by atoms with Crippen LogP contribution in [0.2, 0.25) is 0 Å². The topological polar surface area (TPSA) is 72.8 Å². The molecule has 0 aliphatic rings. The predicted octanol–water partition coefficient (Wildman–Crippen LogP) is 3.97. The fourth-order valence-electron chi connectivity index (χ4n) is 1.48. The number of hydrogen-bond acceptors (Lipinski definition) is 4. The van der Waals surface area contributed by atoms with Crippen molar-refractivity contribution in [1.82, 2.24) is 0 Å². The molecule has 0 radical (unpaired) electrons. The van der Waals surface area contributed by atoms with Gasteiger partial charge in [-0.15, -0.1) is 0 Å². The van der Waals surface area contributed by atoms with Crippen molar-refractivity contribution in [3.63, 3.8) is 0 Å². The summed E-state index contributed by atoms with van der Waals surface area (Å²) in [5.74, 6) is -0.283. The van der Waals surface area contributed by atoms with Gasteiger partial charge < -0.3 is 14.6 Å². The lowest BCUT2D eigenvalue weighted by Crippen LogP contribution is -2.23. The van der Waals surface area contributed by atoms with Crippen molar-refractivity contribution >= 4 is 12.1 Å². The van der Waals surface area contributed by atoms with E-state index in [-0.39, 0.29) is 23.3 Å². The molecule has 0 aliphatic carbocycles. The molecule has 21 heavy (non-hydrogen) atoms. The van der Waals surface area contributed by atoms with E-state index in [1.54, 1.807) is 0 Å². The van der Waals surface area contributed by atoms with Crippen LogP contribution in [-0.4, -0.2) is 23.8 Å². The molecule has 1 aromatic rings. The highest BCUT2D eigenvalue weighted by Crippen LogP contribution is 2.29. The number of carboxylic acids is 1. The van der Waals surface area contributed by atoms with Crippen LogP contribution in [-0.2, 0) is 4.74 Å². The highest BCUT2D eigenvalue weighted by Gasteiger charge is 2.22. The lowest BCUT2D eigenvalue weighted by molar-refractivity contribution is 0.0696. The summed E-state index contributed by atoms with van der Waals surface area (Å²) >= 11 is 0. The fraction of sp³-hybridized carbons (Fsp3) is 0.500. The number of carbonyl (C=O) groups excluding carboxylic acids is 1. The first-order chi connectivity index (χ1) is 9.72. The summed E-state index contributed by atoms with van der Waals surface area (Å²) in [6.07, 6.45) is -0.0322. The average molecular weight is 294 g/mol. The minimum absolute atomic E-state index is 0.0867. The van der Waals surface area contributed by atoms with E-state index in [2.05, 4.69) is 27.7 Å². The number of ether oxygens (including phenoxy) is 2. The lowest BCUT2D eigenvalue weighted by Gasteiger charge is -2.28. The quantitative estimate of drug-likeness (QED) is 0.634. The van der Waals surface area contributed by atoms with Gasteiger partial charge in [0.25, 0.3) is 0 Å². The van der Waals surface area contributed by atoms with Gasteiger partial charge in [0.15, 0.2) is 0 Å². The number of carboxylic acid groups (broad SMARTS) is 1. The van der Waals surface area contributed by atoms with Crippen LogP contribution in [0.1, 0.15) is 44.5 Å². The molecule has 0 atom stereocenters. The minimum Gasteiger partial charge on any atom is -0.478 e. The van der Waals surface area contributed by atoms with Crippen LogP contribution < -0.4 is 4.74 Å². The maximum Gasteiger partial charge on any atom is 0.513 e. The number of hydrogen-bond donors (Lipinski definition) is 1. The molecule has 0 unspecified atom stereocenters. The molecular formula is C16H22O5. The summed E-state index contributed by atoms with van der Waals surface area (Å²) < 4.78 is 10.0. The van der Waals surface area contributed by atoms with Gasteiger partial charge in [0.05, 0.1) is 12.2 Å². The van der Waals surface area contributed by atoms with Crippen molar-refractivity contribution in [2.45, 2.75) is 34.1 Å². The molecule has 0 heterocycles. The molecule has 0 saturated carbocycles. The van der Waals surface area contributed by atoms with Crippen LogP contribution in [0.3, 0.4) is 0 Å². The van der Waals surface area contributed by atoms with E-state index in [4.69, 9.17) is 14.6 Å². The van der Waals surface area contributed by atoms with Crippen LogP contribution in [0, 0.1) is 11.3 Å². The molecule has 5 nitrogen and oxygen atoms in total. The van der Waals surface area contributed by atoms with Crippen molar-refractivity contribution < 1.29 is 24.2 Å². The normalized spacial score (nSPS) is 11.3. The number of carbonyl (C=O) groups is 2. The zero-order valence-corrected chi connectivity index (χ0v) is 12.9. The monoisotopic (exact) mass is 294 g/mol. The van der Waals surface area contributed by atoms with Gasteiger partial charge in [0, 0.05) is 0 Å². The molecule has 0 aromatic heterocycles. The zero-order chi connectivity index (χ0) is 16.0. The third-order valence-electron chi connectivity index (χ3n) is 3.83. The van der Waals surface area contributed by atoms with Crippen molar-refractivity contribution in [2.24, 2.45) is 11.3 Å². The first kappa shape index (κ1) is 17.0. The van der Waals surface area contributed by atoms with Gasteiger partial charge >= 0.3 is 12.1 Å². The Labute approximate surface area is 124 Å². The van der Waals surface area contributed by atoms with Gasteiger partial charge in [-0.25, -0.2) is 9.59 Å². The molecule has 5 heteroatoms. The second-order valence-corrected chi connectivity index (χ2v) is 5.92. The van der Waals surface area contributed by atoms with Crippen LogP contribution in [0.5, 0.6) is 5.75 Å². The lowest BCUT2D eigenvalue weighted by atomic mass is 9.79. The Morgan fingerprint density at radius 1 is 1.19 bits per heavy atom. The Bertz CT molecular complexity index is 488. The second kappa shape index (κ2) is 7.11. The van der Waals surface area contributed by atoms with E-state index in [1.807, 2.05) is 0 Å². The summed E-state index contributed by atoms with van der Waals surface area (Å²) in [5, 5.41) is 8.76. The van der Waals surface area contributed by atoms with Crippen molar-refractivity contribution in [3.8, 4) is 5.75 Å². The maximum absolute atomic E-state index is 11.5. The van der Waals surface area contributed by atoms with E-state index < -0.39 is 12.1 Å². The first-order valence-electron chi connectivity index (χ1n) is 6.90. The van der Waals surface area contributed by atoms with Gasteiger partial charge in [-0.2, -0.15) is 0 Å². The Balaban J connectivity index is 2.42. The van der Waals surface area contributed by atoms with E-state index >= 15 is 0 Å². The average Bonchev–Trinajstić information content (AvgIpc) is 2.38. The third-order valence-corrected chi connectivity index (χ3v) is 3.83. The van der Waals surface area contributed by atoms with Gasteiger partial charge in [0.2, 0.25) is 0 Å². The maximum atomic E-state index is 11.5. The van der Waals surface area contributed by atoms with Crippen molar-refractivity contribution in [3.05, 3.63) is 29.8 Å². The van der Waals surface area contributed by atoms with Gasteiger partial charge in [-0.3, -0.25) is 0 Å². The highest BCUT2D eigenvalue weighted by atomic mass is 16.7. The molecule has 1 N–H and O–H groups in total. The molecule has 0 fully saturated rings. The fourth-order valence-corrected chi connectivity index (χ4v) is 1.48. The smallest absolute Gasteiger partial charge is 0.478 e. The molecule has 0 amide bonds. The molecule has 1 aromatic carbocycles. The molecule has 1 rings (SSSR count). The van der Waals surface area contributed by atoms with Crippen LogP contribution in [0.15, 0.2) is 24.3 Å². The van der Waals surface area contributed by atoms with E-state index in [9.17, 15) is 9.59 Å². The molecule has 116 valence electrons. The third kappa shape index (κ3) is 5.45. The van der Waals surface area contributed by atoms with Crippen molar-refractivity contribution in [1.29, 1.82) is 0 Å². The standard InChI is InChI=1S/C16H22O5/c1-11(2)16(3,4)9-10-20-15(19)21-13-7-5-12(6-8-13)14(17)18/h5-8,11H,9-10H2,1-4H3,(H,17,18). The summed E-state index contributed by atoms with van der Waals surface area (Å²) in [6, 6.07) is 5.57. The van der Waals surface area contributed by atoms with E-state index in [1.165, 1.54) is 24.3 Å². The number of aromatic carboxylic acids is 1. The Kier molecular flexibility index (Phi) is 5.76. The van der Waals surface area contributed by atoms with Gasteiger partial charge in [0.1, 0.15) is 5.75 Å². The number of rotatable bonds is 6. The van der Waals surface area contributed by atoms with Crippen LogP contribution in [0.4, 0.5) is 4.79 Å². The summed E-state index contributed by atoms with van der Waals surface area (Å²) in [5.41, 5.74) is 0.220. The van der Waals surface area contributed by atoms with Crippen LogP contribution >= 0.6 is 0 Å². The predicted molar refractivity (Wildman–Crippen MR) is 78.6 cm³/mol. The highest BCUT2D eigenvalue weighted by molar-refractivity contribution is 5.87. The Hall–Kier alpha value is -2.04. The number of benzene rings is 1. The molecule has 0 aliphatic heterocycles. The summed E-state index contributed by atoms with van der Waals surface area (Å²) in [4.78, 5) is 22.2. The SMILES string of the molecule is CC(C)C(C)(C)CCOC(=O)Oc1ccc(C(=O)O)cc1.